The summed E-state index contributed by atoms with van der Waals surface area (Å²) in [7, 11) is 1.91. The number of imidazole rings is 1. The molecule has 1 aromatic carbocycles. The van der Waals surface area contributed by atoms with Crippen LogP contribution in [-0.2, 0) is 6.54 Å². The summed E-state index contributed by atoms with van der Waals surface area (Å²) in [5, 5.41) is 5.01. The third kappa shape index (κ3) is 3.60. The van der Waals surface area contributed by atoms with Crippen molar-refractivity contribution in [2.24, 2.45) is 0 Å². The zero-order chi connectivity index (χ0) is 17.9. The van der Waals surface area contributed by atoms with Crippen molar-refractivity contribution < 1.29 is 4.79 Å². The van der Waals surface area contributed by atoms with Crippen LogP contribution < -0.4 is 5.32 Å². The van der Waals surface area contributed by atoms with Gasteiger partial charge in [-0.1, -0.05) is 30.3 Å². The Hall–Kier alpha value is -2.34. The molecule has 3 aromatic rings. The monoisotopic (exact) mass is 368 g/mol. The molecule has 1 aliphatic rings. The van der Waals surface area contributed by atoms with Crippen LogP contribution >= 0.6 is 11.3 Å². The summed E-state index contributed by atoms with van der Waals surface area (Å²) in [6.45, 7) is 0.469. The first kappa shape index (κ1) is 17.1. The highest BCUT2D eigenvalue weighted by molar-refractivity contribution is 7.15. The van der Waals surface area contributed by atoms with Crippen molar-refractivity contribution in [2.75, 3.05) is 7.05 Å². The lowest BCUT2D eigenvalue weighted by molar-refractivity contribution is 0.169. The molecule has 0 bridgehead atoms. The lowest BCUT2D eigenvalue weighted by atomic mass is 9.81. The fourth-order valence-corrected chi connectivity index (χ4v) is 4.56. The molecule has 2 amide bonds. The highest BCUT2D eigenvalue weighted by Crippen LogP contribution is 2.34. The van der Waals surface area contributed by atoms with E-state index in [9.17, 15) is 4.79 Å². The number of carbonyl (C=O) groups is 1. The van der Waals surface area contributed by atoms with Gasteiger partial charge in [0.15, 0.2) is 4.96 Å². The second-order valence-electron chi connectivity index (χ2n) is 7.01. The summed E-state index contributed by atoms with van der Waals surface area (Å²) in [5.41, 5.74) is 2.32. The molecule has 2 aromatic heterocycles. The van der Waals surface area contributed by atoms with E-state index in [1.165, 1.54) is 5.56 Å². The van der Waals surface area contributed by atoms with E-state index in [0.717, 1.165) is 36.3 Å². The van der Waals surface area contributed by atoms with Gasteiger partial charge in [0, 0.05) is 30.9 Å². The van der Waals surface area contributed by atoms with E-state index in [0.29, 0.717) is 18.5 Å². The smallest absolute Gasteiger partial charge is 0.317 e. The van der Waals surface area contributed by atoms with E-state index < -0.39 is 0 Å². The Morgan fingerprint density at radius 2 is 2.04 bits per heavy atom. The van der Waals surface area contributed by atoms with E-state index in [1.807, 2.05) is 34.1 Å². The predicted octanol–water partition coefficient (Wildman–Crippen LogP) is 4.26. The zero-order valence-electron chi connectivity index (χ0n) is 15.0. The predicted molar refractivity (Wildman–Crippen MR) is 105 cm³/mol. The van der Waals surface area contributed by atoms with Crippen LogP contribution in [0.1, 0.15) is 42.9 Å². The number of thiazole rings is 1. The molecule has 1 N–H and O–H groups in total. The number of nitrogens with zero attached hydrogens (tertiary/aromatic N) is 3. The molecule has 136 valence electrons. The Labute approximate surface area is 157 Å². The van der Waals surface area contributed by atoms with Gasteiger partial charge in [-0.25, -0.2) is 9.78 Å². The topological polar surface area (TPSA) is 49.6 Å². The van der Waals surface area contributed by atoms with Gasteiger partial charge in [0.2, 0.25) is 0 Å². The van der Waals surface area contributed by atoms with Gasteiger partial charge in [-0.15, -0.1) is 11.3 Å². The highest BCUT2D eigenvalue weighted by Gasteiger charge is 2.27. The Balaban J connectivity index is 1.28. The SMILES string of the molecule is CN(C(=O)NCc1cn2ccsc2n1)C1CCC(c2ccccc2)CC1. The van der Waals surface area contributed by atoms with Gasteiger partial charge in [-0.05, 0) is 37.2 Å². The van der Waals surface area contributed by atoms with E-state index in [2.05, 4.69) is 40.6 Å². The molecule has 2 heterocycles. The number of hydrogen-bond acceptors (Lipinski definition) is 3. The maximum absolute atomic E-state index is 12.5. The number of nitrogens with one attached hydrogen (secondary N) is 1. The molecular formula is C20H24N4OS. The first-order chi connectivity index (χ1) is 12.7. The Bertz CT molecular complexity index is 836. The molecule has 1 fully saturated rings. The molecule has 1 saturated carbocycles. The van der Waals surface area contributed by atoms with Gasteiger partial charge < -0.3 is 10.2 Å². The van der Waals surface area contributed by atoms with Gasteiger partial charge >= 0.3 is 6.03 Å². The van der Waals surface area contributed by atoms with E-state index in [1.54, 1.807) is 11.3 Å². The lowest BCUT2D eigenvalue weighted by Gasteiger charge is -2.34. The van der Waals surface area contributed by atoms with Crippen LogP contribution in [0.4, 0.5) is 4.79 Å². The van der Waals surface area contributed by atoms with Crippen molar-refractivity contribution in [3.63, 3.8) is 0 Å². The number of hydrogen-bond donors (Lipinski definition) is 1. The fraction of sp³-hybridized carbons (Fsp3) is 0.400. The molecule has 0 atom stereocenters. The second kappa shape index (κ2) is 7.50. The van der Waals surface area contributed by atoms with Crippen LogP contribution in [0.3, 0.4) is 0 Å². The number of carbonyl (C=O) groups excluding carboxylic acids is 1. The van der Waals surface area contributed by atoms with Crippen LogP contribution in [0.5, 0.6) is 0 Å². The minimum atomic E-state index is -0.00971. The quantitative estimate of drug-likeness (QED) is 0.748. The van der Waals surface area contributed by atoms with Gasteiger partial charge in [-0.2, -0.15) is 0 Å². The summed E-state index contributed by atoms with van der Waals surface area (Å²) in [4.78, 5) is 19.8. The first-order valence-corrected chi connectivity index (χ1v) is 10.1. The number of amides is 2. The largest absolute Gasteiger partial charge is 0.332 e. The van der Waals surface area contributed by atoms with Crippen molar-refractivity contribution in [3.8, 4) is 0 Å². The van der Waals surface area contributed by atoms with E-state index in [-0.39, 0.29) is 6.03 Å². The standard InChI is InChI=1S/C20H24N4OS/c1-23(18-9-7-16(8-10-18)15-5-3-2-4-6-15)19(25)21-13-17-14-24-11-12-26-20(24)22-17/h2-6,11-12,14,16,18H,7-10,13H2,1H3,(H,21,25). The van der Waals surface area contributed by atoms with Crippen molar-refractivity contribution in [2.45, 2.75) is 44.2 Å². The average Bonchev–Trinajstić information content (AvgIpc) is 3.28. The summed E-state index contributed by atoms with van der Waals surface area (Å²) in [6.07, 6.45) is 8.35. The Morgan fingerprint density at radius 1 is 1.27 bits per heavy atom. The molecule has 0 unspecified atom stereocenters. The van der Waals surface area contributed by atoms with Crippen molar-refractivity contribution in [1.29, 1.82) is 0 Å². The fourth-order valence-electron chi connectivity index (χ4n) is 3.84. The minimum absolute atomic E-state index is 0.00971. The van der Waals surface area contributed by atoms with Crippen LogP contribution in [-0.4, -0.2) is 33.4 Å². The second-order valence-corrected chi connectivity index (χ2v) is 7.88. The van der Waals surface area contributed by atoms with Gasteiger partial charge in [0.25, 0.3) is 0 Å². The molecule has 0 spiro atoms. The number of benzene rings is 1. The summed E-state index contributed by atoms with van der Waals surface area (Å²) in [5.74, 6) is 0.627. The van der Waals surface area contributed by atoms with Crippen LogP contribution in [0.15, 0.2) is 48.1 Å². The van der Waals surface area contributed by atoms with Crippen LogP contribution in [0, 0.1) is 0 Å². The van der Waals surface area contributed by atoms with Crippen LogP contribution in [0.2, 0.25) is 0 Å². The molecular weight excluding hydrogens is 344 g/mol. The zero-order valence-corrected chi connectivity index (χ0v) is 15.8. The number of rotatable bonds is 4. The minimum Gasteiger partial charge on any atom is -0.332 e. The summed E-state index contributed by atoms with van der Waals surface area (Å²) < 4.78 is 1.99. The van der Waals surface area contributed by atoms with Crippen molar-refractivity contribution >= 4 is 22.3 Å². The first-order valence-electron chi connectivity index (χ1n) is 9.17. The Kier molecular flexibility index (Phi) is 4.93. The maximum atomic E-state index is 12.5. The summed E-state index contributed by atoms with van der Waals surface area (Å²) in [6, 6.07) is 11.0. The third-order valence-corrected chi connectivity index (χ3v) is 6.17. The lowest BCUT2D eigenvalue weighted by Crippen LogP contribution is -2.44. The molecule has 5 nitrogen and oxygen atoms in total. The van der Waals surface area contributed by atoms with E-state index in [4.69, 9.17) is 0 Å². The normalized spacial score (nSPS) is 20.2. The molecule has 0 saturated heterocycles. The number of urea groups is 1. The highest BCUT2D eigenvalue weighted by atomic mass is 32.1. The van der Waals surface area contributed by atoms with Gasteiger partial charge in [-0.3, -0.25) is 4.40 Å². The molecule has 1 aliphatic carbocycles. The Morgan fingerprint density at radius 3 is 2.77 bits per heavy atom. The third-order valence-electron chi connectivity index (χ3n) is 5.40. The summed E-state index contributed by atoms with van der Waals surface area (Å²) >= 11 is 1.60. The average molecular weight is 369 g/mol. The van der Waals surface area contributed by atoms with Gasteiger partial charge in [0.05, 0.1) is 12.2 Å². The number of fused-ring (bicyclic) bond motifs is 1. The maximum Gasteiger partial charge on any atom is 0.317 e. The van der Waals surface area contributed by atoms with E-state index >= 15 is 0 Å². The van der Waals surface area contributed by atoms with Crippen molar-refractivity contribution in [1.82, 2.24) is 19.6 Å². The molecule has 4 rings (SSSR count). The molecule has 26 heavy (non-hydrogen) atoms. The molecule has 0 aliphatic heterocycles. The molecule has 6 heteroatoms. The molecule has 0 radical (unpaired) electrons. The van der Waals surface area contributed by atoms with Gasteiger partial charge in [0.1, 0.15) is 0 Å². The number of aromatic nitrogens is 2. The van der Waals surface area contributed by atoms with Crippen LogP contribution in [0.25, 0.3) is 4.96 Å². The van der Waals surface area contributed by atoms with Crippen molar-refractivity contribution in [3.05, 3.63) is 59.4 Å².